The molecule has 1 aliphatic heterocycles. The molecule has 3 rings (SSSR count). The van der Waals surface area contributed by atoms with E-state index in [9.17, 15) is 13.2 Å². The Morgan fingerprint density at radius 3 is 2.61 bits per heavy atom. The summed E-state index contributed by atoms with van der Waals surface area (Å²) in [6, 6.07) is 14.3. The highest BCUT2D eigenvalue weighted by Crippen LogP contribution is 2.22. The third kappa shape index (κ3) is 5.36. The van der Waals surface area contributed by atoms with E-state index in [0.29, 0.717) is 18.0 Å². The molecule has 1 fully saturated rings. The highest BCUT2D eigenvalue weighted by molar-refractivity contribution is 7.91. The smallest absolute Gasteiger partial charge is 0.247 e. The van der Waals surface area contributed by atoms with Crippen LogP contribution in [0.2, 0.25) is 5.02 Å². The summed E-state index contributed by atoms with van der Waals surface area (Å²) in [5.41, 5.74) is 1.72. The first-order valence-electron chi connectivity index (χ1n) is 8.94. The molecule has 1 atom stereocenters. The minimum atomic E-state index is -3.11. The van der Waals surface area contributed by atoms with Crippen LogP contribution in [0.1, 0.15) is 17.5 Å². The van der Waals surface area contributed by atoms with Crippen molar-refractivity contribution in [3.8, 4) is 5.75 Å². The Morgan fingerprint density at radius 1 is 1.25 bits per heavy atom. The SMILES string of the molecule is COc1ccc(C=CC(=O)N(Cc2cccc(Cl)c2)C2CCS(=O)(=O)C2)cc1. The molecule has 0 bridgehead atoms. The van der Waals surface area contributed by atoms with Crippen LogP contribution in [0.25, 0.3) is 6.08 Å². The number of benzene rings is 2. The summed E-state index contributed by atoms with van der Waals surface area (Å²) >= 11 is 6.06. The minimum absolute atomic E-state index is 0.00428. The first-order valence-corrected chi connectivity index (χ1v) is 11.1. The number of halogens is 1. The number of sulfone groups is 1. The van der Waals surface area contributed by atoms with Gasteiger partial charge in [-0.2, -0.15) is 0 Å². The molecule has 0 aromatic heterocycles. The zero-order chi connectivity index (χ0) is 20.1. The van der Waals surface area contributed by atoms with Crippen LogP contribution in [0.4, 0.5) is 0 Å². The maximum atomic E-state index is 12.9. The second-order valence-electron chi connectivity index (χ2n) is 6.76. The van der Waals surface area contributed by atoms with Gasteiger partial charge in [-0.3, -0.25) is 4.79 Å². The standard InChI is InChI=1S/C21H22ClNO4S/c1-27-20-8-5-16(6-9-20)7-10-21(24)23(19-11-12-28(25,26)15-19)14-17-3-2-4-18(22)13-17/h2-10,13,19H,11-12,14-15H2,1H3. The van der Waals surface area contributed by atoms with E-state index in [-0.39, 0.29) is 23.5 Å². The maximum absolute atomic E-state index is 12.9. The van der Waals surface area contributed by atoms with Gasteiger partial charge in [0.1, 0.15) is 5.75 Å². The predicted octanol–water partition coefficient (Wildman–Crippen LogP) is 3.58. The topological polar surface area (TPSA) is 63.7 Å². The molecule has 1 amide bonds. The number of carbonyl (C=O) groups excluding carboxylic acids is 1. The Balaban J connectivity index is 1.80. The molecule has 0 saturated carbocycles. The van der Waals surface area contributed by atoms with Crippen molar-refractivity contribution >= 4 is 33.4 Å². The molecule has 0 radical (unpaired) electrons. The number of hydrogen-bond acceptors (Lipinski definition) is 4. The average molecular weight is 420 g/mol. The molecule has 1 aliphatic rings. The lowest BCUT2D eigenvalue weighted by atomic mass is 10.1. The van der Waals surface area contributed by atoms with Crippen molar-refractivity contribution < 1.29 is 17.9 Å². The molecule has 2 aromatic carbocycles. The second kappa shape index (κ2) is 8.80. The van der Waals surface area contributed by atoms with Crippen LogP contribution >= 0.6 is 11.6 Å². The van der Waals surface area contributed by atoms with E-state index in [2.05, 4.69) is 0 Å². The third-order valence-corrected chi connectivity index (χ3v) is 6.69. The van der Waals surface area contributed by atoms with Gasteiger partial charge in [0.05, 0.1) is 18.6 Å². The van der Waals surface area contributed by atoms with Gasteiger partial charge in [0, 0.05) is 23.7 Å². The van der Waals surface area contributed by atoms with Crippen molar-refractivity contribution in [2.75, 3.05) is 18.6 Å². The number of hydrogen-bond donors (Lipinski definition) is 0. The van der Waals surface area contributed by atoms with Crippen LogP contribution in [-0.4, -0.2) is 43.9 Å². The molecule has 1 heterocycles. The summed E-state index contributed by atoms with van der Waals surface area (Å²) in [5.74, 6) is 0.620. The van der Waals surface area contributed by atoms with Gasteiger partial charge in [-0.1, -0.05) is 35.9 Å². The summed E-state index contributed by atoms with van der Waals surface area (Å²) in [7, 11) is -1.51. The Morgan fingerprint density at radius 2 is 2.00 bits per heavy atom. The molecule has 1 unspecified atom stereocenters. The second-order valence-corrected chi connectivity index (χ2v) is 9.42. The number of carbonyl (C=O) groups is 1. The van der Waals surface area contributed by atoms with Crippen molar-refractivity contribution in [1.29, 1.82) is 0 Å². The molecule has 0 N–H and O–H groups in total. The van der Waals surface area contributed by atoms with Gasteiger partial charge in [-0.05, 0) is 47.9 Å². The number of nitrogens with zero attached hydrogens (tertiary/aromatic N) is 1. The summed E-state index contributed by atoms with van der Waals surface area (Å²) < 4.78 is 29.0. The fourth-order valence-corrected chi connectivity index (χ4v) is 5.16. The lowest BCUT2D eigenvalue weighted by Gasteiger charge is -2.27. The van der Waals surface area contributed by atoms with E-state index in [1.165, 1.54) is 6.08 Å². The Bertz CT molecular complexity index is 970. The molecule has 2 aromatic rings. The predicted molar refractivity (Wildman–Crippen MR) is 111 cm³/mol. The molecule has 28 heavy (non-hydrogen) atoms. The summed E-state index contributed by atoms with van der Waals surface area (Å²) in [5, 5.41) is 0.581. The zero-order valence-electron chi connectivity index (χ0n) is 15.5. The summed E-state index contributed by atoms with van der Waals surface area (Å²) in [4.78, 5) is 14.5. The summed E-state index contributed by atoms with van der Waals surface area (Å²) in [6.07, 6.45) is 3.65. The Kier molecular flexibility index (Phi) is 6.42. The van der Waals surface area contributed by atoms with Crippen molar-refractivity contribution in [1.82, 2.24) is 4.90 Å². The van der Waals surface area contributed by atoms with E-state index in [0.717, 1.165) is 16.9 Å². The van der Waals surface area contributed by atoms with Crippen molar-refractivity contribution in [2.45, 2.75) is 19.0 Å². The number of methoxy groups -OCH3 is 1. The van der Waals surface area contributed by atoms with E-state index in [1.54, 1.807) is 30.2 Å². The molecule has 5 nitrogen and oxygen atoms in total. The maximum Gasteiger partial charge on any atom is 0.247 e. The van der Waals surface area contributed by atoms with E-state index in [1.807, 2.05) is 36.4 Å². The van der Waals surface area contributed by atoms with Crippen LogP contribution in [-0.2, 0) is 21.2 Å². The lowest BCUT2D eigenvalue weighted by Crippen LogP contribution is -2.39. The first kappa shape index (κ1) is 20.4. The third-order valence-electron chi connectivity index (χ3n) is 4.71. The molecule has 148 valence electrons. The average Bonchev–Trinajstić information content (AvgIpc) is 3.04. The largest absolute Gasteiger partial charge is 0.497 e. The first-order chi connectivity index (χ1) is 13.4. The molecule has 0 aliphatic carbocycles. The van der Waals surface area contributed by atoms with Crippen LogP contribution in [0.3, 0.4) is 0 Å². The van der Waals surface area contributed by atoms with Crippen LogP contribution in [0.15, 0.2) is 54.6 Å². The van der Waals surface area contributed by atoms with Gasteiger partial charge in [0.2, 0.25) is 5.91 Å². The minimum Gasteiger partial charge on any atom is -0.497 e. The molecular formula is C21H22ClNO4S. The van der Waals surface area contributed by atoms with Gasteiger partial charge in [0.25, 0.3) is 0 Å². The fourth-order valence-electron chi connectivity index (χ4n) is 3.22. The van der Waals surface area contributed by atoms with E-state index >= 15 is 0 Å². The van der Waals surface area contributed by atoms with Crippen molar-refractivity contribution in [3.05, 3.63) is 70.8 Å². The molecular weight excluding hydrogens is 398 g/mol. The highest BCUT2D eigenvalue weighted by atomic mass is 35.5. The van der Waals surface area contributed by atoms with Gasteiger partial charge < -0.3 is 9.64 Å². The molecule has 1 saturated heterocycles. The fraction of sp³-hybridized carbons (Fsp3) is 0.286. The summed E-state index contributed by atoms with van der Waals surface area (Å²) in [6.45, 7) is 0.312. The number of ether oxygens (including phenoxy) is 1. The molecule has 7 heteroatoms. The lowest BCUT2D eigenvalue weighted by molar-refractivity contribution is -0.128. The van der Waals surface area contributed by atoms with Crippen molar-refractivity contribution in [3.63, 3.8) is 0 Å². The van der Waals surface area contributed by atoms with Gasteiger partial charge in [0.15, 0.2) is 9.84 Å². The van der Waals surface area contributed by atoms with Crippen LogP contribution < -0.4 is 4.74 Å². The highest BCUT2D eigenvalue weighted by Gasteiger charge is 2.34. The van der Waals surface area contributed by atoms with E-state index in [4.69, 9.17) is 16.3 Å². The van der Waals surface area contributed by atoms with Crippen molar-refractivity contribution in [2.24, 2.45) is 0 Å². The monoisotopic (exact) mass is 419 g/mol. The number of amides is 1. The van der Waals surface area contributed by atoms with Gasteiger partial charge in [-0.15, -0.1) is 0 Å². The van der Waals surface area contributed by atoms with E-state index < -0.39 is 9.84 Å². The molecule has 0 spiro atoms. The normalized spacial score (nSPS) is 18.3. The zero-order valence-corrected chi connectivity index (χ0v) is 17.1. The Labute approximate surface area is 170 Å². The number of rotatable bonds is 6. The van der Waals surface area contributed by atoms with Crippen LogP contribution in [0, 0.1) is 0 Å². The van der Waals surface area contributed by atoms with Gasteiger partial charge >= 0.3 is 0 Å². The Hall–Kier alpha value is -2.31. The quantitative estimate of drug-likeness (QED) is 0.671. The van der Waals surface area contributed by atoms with Gasteiger partial charge in [-0.25, -0.2) is 8.42 Å². The van der Waals surface area contributed by atoms with Crippen LogP contribution in [0.5, 0.6) is 5.75 Å².